The van der Waals surface area contributed by atoms with E-state index in [0.717, 1.165) is 13.0 Å². The monoisotopic (exact) mass is 445 g/mol. The molecule has 9 heteroatoms. The fraction of sp³-hybridized carbons (Fsp3) is 0.348. The number of phenolic OH excluding ortho intramolecular Hbond substituents is 2. The summed E-state index contributed by atoms with van der Waals surface area (Å²) in [5.74, 6) is -2.41. The third-order valence-corrected chi connectivity index (χ3v) is 4.92. The molecule has 0 saturated carbocycles. The third kappa shape index (κ3) is 5.63. The Bertz CT molecular complexity index is 984. The molecule has 0 aliphatic carbocycles. The molecule has 2 rings (SSSR count). The molecule has 0 aromatic heterocycles. The van der Waals surface area contributed by atoms with Crippen LogP contribution in [0.5, 0.6) is 17.2 Å². The number of Topliss-reactive ketones (excluding diaryl/α,β-unsaturated/α-hetero) is 1. The van der Waals surface area contributed by atoms with Gasteiger partial charge in [0, 0.05) is 25.8 Å². The van der Waals surface area contributed by atoms with Crippen LogP contribution in [-0.4, -0.2) is 78.2 Å². The Morgan fingerprint density at radius 1 is 1.00 bits per heavy atom. The van der Waals surface area contributed by atoms with E-state index in [9.17, 15) is 29.7 Å². The second-order valence-corrected chi connectivity index (χ2v) is 7.04. The Hall–Kier alpha value is -3.43. The Balaban J connectivity index is 2.54. The predicted octanol–water partition coefficient (Wildman–Crippen LogP) is 1.55. The lowest BCUT2D eigenvalue weighted by atomic mass is 9.91. The zero-order valence-electron chi connectivity index (χ0n) is 18.3. The van der Waals surface area contributed by atoms with Crippen molar-refractivity contribution < 1.29 is 39.2 Å². The molecular weight excluding hydrogens is 418 g/mol. The smallest absolute Gasteiger partial charge is 0.227 e. The number of amides is 1. The molecule has 0 spiro atoms. The molecule has 0 radical (unpaired) electrons. The molecule has 172 valence electrons. The van der Waals surface area contributed by atoms with E-state index in [1.54, 1.807) is 12.1 Å². The van der Waals surface area contributed by atoms with Gasteiger partial charge in [0.25, 0.3) is 0 Å². The number of carbonyl (C=O) groups excluding carboxylic acids is 3. The maximum absolute atomic E-state index is 13.2. The maximum Gasteiger partial charge on any atom is 0.227 e. The fourth-order valence-electron chi connectivity index (χ4n) is 3.29. The minimum absolute atomic E-state index is 0.0491. The largest absolute Gasteiger partial charge is 0.507 e. The van der Waals surface area contributed by atoms with Crippen molar-refractivity contribution >= 4 is 17.5 Å². The van der Waals surface area contributed by atoms with Crippen LogP contribution in [0.1, 0.15) is 38.8 Å². The van der Waals surface area contributed by atoms with Crippen LogP contribution >= 0.6 is 0 Å². The Kier molecular flexibility index (Phi) is 8.74. The van der Waals surface area contributed by atoms with E-state index < -0.39 is 34.5 Å². The van der Waals surface area contributed by atoms with Crippen molar-refractivity contribution in [1.29, 1.82) is 0 Å². The van der Waals surface area contributed by atoms with Crippen molar-refractivity contribution in [3.8, 4) is 17.2 Å². The molecule has 0 unspecified atom stereocenters. The topological polar surface area (TPSA) is 134 Å². The van der Waals surface area contributed by atoms with Gasteiger partial charge in [-0.15, -0.1) is 0 Å². The fourth-order valence-corrected chi connectivity index (χ4v) is 3.29. The molecule has 2 aromatic rings. The Labute approximate surface area is 185 Å². The van der Waals surface area contributed by atoms with E-state index in [2.05, 4.69) is 0 Å². The highest BCUT2D eigenvalue weighted by molar-refractivity contribution is 6.15. The number of aliphatic hydroxyl groups is 1. The molecule has 0 bridgehead atoms. The molecule has 32 heavy (non-hydrogen) atoms. The number of ether oxygens (including phenoxy) is 2. The van der Waals surface area contributed by atoms with Gasteiger partial charge in [0.05, 0.1) is 32.3 Å². The Morgan fingerprint density at radius 2 is 1.66 bits per heavy atom. The van der Waals surface area contributed by atoms with Gasteiger partial charge in [0.15, 0.2) is 11.6 Å². The SMILES string of the molecule is COCCN(CCO)C(=O)Cc1cc(O)c(C(C)=O)c(O)c1C(=O)c1ccc(OC)cc1. The number of rotatable bonds is 11. The number of hydrogen-bond acceptors (Lipinski definition) is 8. The summed E-state index contributed by atoms with van der Waals surface area (Å²) in [6.45, 7) is 1.37. The van der Waals surface area contributed by atoms with Crippen LogP contribution in [-0.2, 0) is 16.0 Å². The molecule has 0 aliphatic rings. The van der Waals surface area contributed by atoms with Crippen molar-refractivity contribution in [2.75, 3.05) is 40.5 Å². The van der Waals surface area contributed by atoms with Gasteiger partial charge in [0.1, 0.15) is 22.8 Å². The number of nitrogens with zero attached hydrogens (tertiary/aromatic N) is 1. The van der Waals surface area contributed by atoms with Crippen LogP contribution in [0.3, 0.4) is 0 Å². The average Bonchev–Trinajstić information content (AvgIpc) is 2.75. The molecule has 2 aromatic carbocycles. The summed E-state index contributed by atoms with van der Waals surface area (Å²) in [7, 11) is 2.96. The molecular formula is C23H27NO8. The van der Waals surface area contributed by atoms with Gasteiger partial charge in [0.2, 0.25) is 5.91 Å². The molecule has 9 nitrogen and oxygen atoms in total. The van der Waals surface area contributed by atoms with Crippen LogP contribution in [0, 0.1) is 0 Å². The first kappa shape index (κ1) is 24.8. The standard InChI is InChI=1S/C23H27NO8/c1-14(26)20-18(27)12-16(13-19(28)24(8-10-25)9-11-31-2)21(23(20)30)22(29)15-4-6-17(32-3)7-5-15/h4-7,12,25,27,30H,8-11,13H2,1-3H3. The zero-order chi connectivity index (χ0) is 23.8. The number of methoxy groups -OCH3 is 2. The highest BCUT2D eigenvalue weighted by Crippen LogP contribution is 2.36. The number of carbonyl (C=O) groups is 3. The molecule has 0 heterocycles. The summed E-state index contributed by atoms with van der Waals surface area (Å²) >= 11 is 0. The number of hydrogen-bond donors (Lipinski definition) is 3. The van der Waals surface area contributed by atoms with Gasteiger partial charge in [-0.2, -0.15) is 0 Å². The van der Waals surface area contributed by atoms with Crippen LogP contribution in [0.2, 0.25) is 0 Å². The Morgan fingerprint density at radius 3 is 2.19 bits per heavy atom. The maximum atomic E-state index is 13.2. The van der Waals surface area contributed by atoms with Gasteiger partial charge >= 0.3 is 0 Å². The first-order valence-electron chi connectivity index (χ1n) is 9.90. The van der Waals surface area contributed by atoms with E-state index in [0.29, 0.717) is 5.75 Å². The van der Waals surface area contributed by atoms with E-state index >= 15 is 0 Å². The normalized spacial score (nSPS) is 10.6. The van der Waals surface area contributed by atoms with Crippen molar-refractivity contribution in [2.45, 2.75) is 13.3 Å². The number of phenols is 2. The van der Waals surface area contributed by atoms with Crippen molar-refractivity contribution in [1.82, 2.24) is 4.90 Å². The van der Waals surface area contributed by atoms with Crippen LogP contribution in [0.25, 0.3) is 0 Å². The second-order valence-electron chi connectivity index (χ2n) is 7.04. The van der Waals surface area contributed by atoms with Gasteiger partial charge in [-0.1, -0.05) is 0 Å². The predicted molar refractivity (Wildman–Crippen MR) is 115 cm³/mol. The highest BCUT2D eigenvalue weighted by atomic mass is 16.5. The number of ketones is 2. The molecule has 0 saturated heterocycles. The summed E-state index contributed by atoms with van der Waals surface area (Å²) < 4.78 is 10.1. The lowest BCUT2D eigenvalue weighted by Crippen LogP contribution is -2.37. The molecule has 1 amide bonds. The summed E-state index contributed by atoms with van der Waals surface area (Å²) in [5.41, 5.74) is -0.398. The molecule has 0 atom stereocenters. The van der Waals surface area contributed by atoms with E-state index in [1.807, 2.05) is 0 Å². The van der Waals surface area contributed by atoms with Crippen molar-refractivity contribution in [3.63, 3.8) is 0 Å². The molecule has 3 N–H and O–H groups in total. The summed E-state index contributed by atoms with van der Waals surface area (Å²) in [6, 6.07) is 7.25. The summed E-state index contributed by atoms with van der Waals surface area (Å²) in [4.78, 5) is 39.4. The van der Waals surface area contributed by atoms with Gasteiger partial charge in [-0.05, 0) is 42.8 Å². The number of aromatic hydroxyl groups is 2. The molecule has 0 fully saturated rings. The van der Waals surface area contributed by atoms with Gasteiger partial charge < -0.3 is 29.7 Å². The van der Waals surface area contributed by atoms with E-state index in [4.69, 9.17) is 9.47 Å². The average molecular weight is 445 g/mol. The van der Waals surface area contributed by atoms with Gasteiger partial charge in [-0.3, -0.25) is 14.4 Å². The number of aliphatic hydroxyl groups excluding tert-OH is 1. The van der Waals surface area contributed by atoms with E-state index in [-0.39, 0.29) is 49.4 Å². The quantitative estimate of drug-likeness (QED) is 0.444. The van der Waals surface area contributed by atoms with Crippen LogP contribution in [0.4, 0.5) is 0 Å². The van der Waals surface area contributed by atoms with Gasteiger partial charge in [-0.25, -0.2) is 0 Å². The second kappa shape index (κ2) is 11.3. The summed E-state index contributed by atoms with van der Waals surface area (Å²) in [6.07, 6.45) is -0.347. The minimum Gasteiger partial charge on any atom is -0.507 e. The zero-order valence-corrected chi connectivity index (χ0v) is 18.3. The first-order chi connectivity index (χ1) is 15.2. The van der Waals surface area contributed by atoms with Crippen molar-refractivity contribution in [2.24, 2.45) is 0 Å². The lowest BCUT2D eigenvalue weighted by molar-refractivity contribution is -0.131. The van der Waals surface area contributed by atoms with Crippen LogP contribution < -0.4 is 4.74 Å². The van der Waals surface area contributed by atoms with E-state index in [1.165, 1.54) is 31.3 Å². The number of benzene rings is 2. The third-order valence-electron chi connectivity index (χ3n) is 4.92. The lowest BCUT2D eigenvalue weighted by Gasteiger charge is -2.22. The van der Waals surface area contributed by atoms with Crippen molar-refractivity contribution in [3.05, 3.63) is 52.6 Å². The minimum atomic E-state index is -0.688. The first-order valence-corrected chi connectivity index (χ1v) is 9.90. The highest BCUT2D eigenvalue weighted by Gasteiger charge is 2.27. The summed E-state index contributed by atoms with van der Waals surface area (Å²) in [5, 5.41) is 30.3. The van der Waals surface area contributed by atoms with Crippen LogP contribution in [0.15, 0.2) is 30.3 Å². The molecule has 0 aliphatic heterocycles.